The molecule has 1 N–H and O–H groups in total. The molecule has 5 nitrogen and oxygen atoms in total. The van der Waals surface area contributed by atoms with Gasteiger partial charge in [0.25, 0.3) is 0 Å². The van der Waals surface area contributed by atoms with E-state index in [0.29, 0.717) is 11.6 Å². The van der Waals surface area contributed by atoms with Gasteiger partial charge in [0.2, 0.25) is 0 Å². The Balaban J connectivity index is 1.61. The quantitative estimate of drug-likeness (QED) is 0.751. The number of rotatable bonds is 7. The number of hydrogen-bond acceptors (Lipinski definition) is 6. The molecule has 1 unspecified atom stereocenters. The van der Waals surface area contributed by atoms with E-state index in [2.05, 4.69) is 34.3 Å². The molecular weight excluding hydrogens is 346 g/mol. The molecule has 1 aliphatic heterocycles. The second-order valence-corrected chi connectivity index (χ2v) is 8.12. The number of anilines is 1. The molecule has 0 aromatic carbocycles. The molecule has 26 heavy (non-hydrogen) atoms. The van der Waals surface area contributed by atoms with Crippen molar-refractivity contribution in [2.24, 2.45) is 0 Å². The first kappa shape index (κ1) is 18.9. The minimum absolute atomic E-state index is 0.137. The number of hydrogen-bond donors (Lipinski definition) is 1. The van der Waals surface area contributed by atoms with Crippen LogP contribution in [0.1, 0.15) is 47.3 Å². The Morgan fingerprint density at radius 2 is 2.19 bits per heavy atom. The number of nitrogens with one attached hydrogen (secondary N) is 1. The standard InChI is InChI=1S/C20H27N3O2S/c1-4-16-7-8-17(26-16)12-22-15-9-11-23(13-15)19-18(6-5-10-21-19)20(24)25-14(2)3/h5-8,10,14-15,22H,4,9,11-13H2,1-3H3. The van der Waals surface area contributed by atoms with Crippen molar-refractivity contribution in [3.05, 3.63) is 45.8 Å². The maximum atomic E-state index is 12.4. The Morgan fingerprint density at radius 3 is 2.92 bits per heavy atom. The summed E-state index contributed by atoms with van der Waals surface area (Å²) in [6.45, 7) is 8.54. The third kappa shape index (κ3) is 4.62. The number of esters is 1. The van der Waals surface area contributed by atoms with E-state index in [1.54, 1.807) is 18.3 Å². The summed E-state index contributed by atoms with van der Waals surface area (Å²) in [5, 5.41) is 3.64. The number of nitrogens with zero attached hydrogens (tertiary/aromatic N) is 2. The minimum Gasteiger partial charge on any atom is -0.459 e. The summed E-state index contributed by atoms with van der Waals surface area (Å²) in [6, 6.07) is 8.41. The predicted octanol–water partition coefficient (Wildman–Crippen LogP) is 3.64. The summed E-state index contributed by atoms with van der Waals surface area (Å²) in [7, 11) is 0. The average Bonchev–Trinajstić information content (AvgIpc) is 3.28. The third-order valence-corrected chi connectivity index (χ3v) is 5.70. The molecule has 140 valence electrons. The van der Waals surface area contributed by atoms with Gasteiger partial charge in [-0.2, -0.15) is 0 Å². The lowest BCUT2D eigenvalue weighted by atomic mass is 10.2. The molecule has 6 heteroatoms. The lowest BCUT2D eigenvalue weighted by Crippen LogP contribution is -2.32. The summed E-state index contributed by atoms with van der Waals surface area (Å²) in [6.07, 6.45) is 3.74. The minimum atomic E-state index is -0.301. The predicted molar refractivity (Wildman–Crippen MR) is 106 cm³/mol. The number of carbonyl (C=O) groups excluding carboxylic acids is 1. The van der Waals surface area contributed by atoms with Crippen LogP contribution in [0.5, 0.6) is 0 Å². The van der Waals surface area contributed by atoms with Crippen molar-refractivity contribution in [2.75, 3.05) is 18.0 Å². The molecule has 0 aliphatic carbocycles. The molecule has 3 heterocycles. The lowest BCUT2D eigenvalue weighted by Gasteiger charge is -2.20. The average molecular weight is 374 g/mol. The van der Waals surface area contributed by atoms with E-state index in [9.17, 15) is 4.79 Å². The highest BCUT2D eigenvalue weighted by Crippen LogP contribution is 2.24. The zero-order chi connectivity index (χ0) is 18.5. The molecule has 1 fully saturated rings. The third-order valence-electron chi connectivity index (χ3n) is 4.47. The molecule has 0 saturated carbocycles. The van der Waals surface area contributed by atoms with Crippen molar-refractivity contribution in [3.63, 3.8) is 0 Å². The van der Waals surface area contributed by atoms with E-state index in [4.69, 9.17) is 4.74 Å². The van der Waals surface area contributed by atoms with Gasteiger partial charge in [0.15, 0.2) is 0 Å². The smallest absolute Gasteiger partial charge is 0.342 e. The fourth-order valence-electron chi connectivity index (χ4n) is 3.16. The van der Waals surface area contributed by atoms with Gasteiger partial charge in [-0.05, 0) is 51.0 Å². The largest absolute Gasteiger partial charge is 0.459 e. The number of aromatic nitrogens is 1. The highest BCUT2D eigenvalue weighted by molar-refractivity contribution is 7.11. The van der Waals surface area contributed by atoms with Crippen LogP contribution in [-0.4, -0.2) is 36.2 Å². The second kappa shape index (κ2) is 8.64. The Hall–Kier alpha value is -1.92. The van der Waals surface area contributed by atoms with Crippen LogP contribution in [0.3, 0.4) is 0 Å². The fraction of sp³-hybridized carbons (Fsp3) is 0.500. The van der Waals surface area contributed by atoms with Gasteiger partial charge in [-0.1, -0.05) is 6.92 Å². The number of thiophene rings is 1. The summed E-state index contributed by atoms with van der Waals surface area (Å²) in [5.74, 6) is 0.428. The van der Waals surface area contributed by atoms with E-state index in [0.717, 1.165) is 38.3 Å². The molecule has 1 aliphatic rings. The zero-order valence-corrected chi connectivity index (χ0v) is 16.5. The first-order valence-electron chi connectivity index (χ1n) is 9.28. The molecule has 0 spiro atoms. The SMILES string of the molecule is CCc1ccc(CNC2CCN(c3ncccc3C(=O)OC(C)C)C2)s1. The highest BCUT2D eigenvalue weighted by Gasteiger charge is 2.27. The van der Waals surface area contributed by atoms with Crippen LogP contribution in [0.4, 0.5) is 5.82 Å². The number of carbonyl (C=O) groups is 1. The maximum Gasteiger partial charge on any atom is 0.342 e. The van der Waals surface area contributed by atoms with Crippen LogP contribution in [0.15, 0.2) is 30.5 Å². The van der Waals surface area contributed by atoms with E-state index in [-0.39, 0.29) is 12.1 Å². The van der Waals surface area contributed by atoms with Crippen LogP contribution in [-0.2, 0) is 17.7 Å². The van der Waals surface area contributed by atoms with Crippen LogP contribution in [0, 0.1) is 0 Å². The van der Waals surface area contributed by atoms with Crippen molar-refractivity contribution in [1.82, 2.24) is 10.3 Å². The number of ether oxygens (including phenoxy) is 1. The van der Waals surface area contributed by atoms with Crippen molar-refractivity contribution in [2.45, 2.75) is 52.3 Å². The van der Waals surface area contributed by atoms with Gasteiger partial charge in [0.05, 0.1) is 6.10 Å². The summed E-state index contributed by atoms with van der Waals surface area (Å²) >= 11 is 1.88. The topological polar surface area (TPSA) is 54.5 Å². The molecule has 1 saturated heterocycles. The fourth-order valence-corrected chi connectivity index (χ4v) is 4.07. The van der Waals surface area contributed by atoms with Crippen LogP contribution < -0.4 is 10.2 Å². The van der Waals surface area contributed by atoms with Gasteiger partial charge in [-0.3, -0.25) is 0 Å². The van der Waals surface area contributed by atoms with Gasteiger partial charge in [-0.25, -0.2) is 9.78 Å². The Morgan fingerprint density at radius 1 is 1.38 bits per heavy atom. The molecule has 1 atom stereocenters. The zero-order valence-electron chi connectivity index (χ0n) is 15.7. The van der Waals surface area contributed by atoms with Gasteiger partial charge >= 0.3 is 5.97 Å². The van der Waals surface area contributed by atoms with Crippen molar-refractivity contribution in [3.8, 4) is 0 Å². The normalized spacial score (nSPS) is 17.1. The number of aryl methyl sites for hydroxylation is 1. The van der Waals surface area contributed by atoms with Gasteiger partial charge in [0, 0.05) is 41.6 Å². The van der Waals surface area contributed by atoms with Gasteiger partial charge in [-0.15, -0.1) is 11.3 Å². The lowest BCUT2D eigenvalue weighted by molar-refractivity contribution is 0.0378. The van der Waals surface area contributed by atoms with Crippen LogP contribution in [0.2, 0.25) is 0 Å². The molecular formula is C20H27N3O2S. The summed E-state index contributed by atoms with van der Waals surface area (Å²) in [4.78, 5) is 21.8. The van der Waals surface area contributed by atoms with E-state index in [1.165, 1.54) is 9.75 Å². The van der Waals surface area contributed by atoms with E-state index >= 15 is 0 Å². The van der Waals surface area contributed by atoms with Crippen molar-refractivity contribution >= 4 is 23.1 Å². The van der Waals surface area contributed by atoms with Crippen molar-refractivity contribution < 1.29 is 9.53 Å². The second-order valence-electron chi connectivity index (χ2n) is 6.86. The molecule has 0 radical (unpaired) electrons. The first-order valence-corrected chi connectivity index (χ1v) is 10.1. The Kier molecular flexibility index (Phi) is 6.27. The molecule has 0 bridgehead atoms. The first-order chi connectivity index (χ1) is 12.6. The maximum absolute atomic E-state index is 12.4. The van der Waals surface area contributed by atoms with E-state index in [1.807, 2.05) is 25.2 Å². The Labute approximate surface area is 159 Å². The van der Waals surface area contributed by atoms with Gasteiger partial charge < -0.3 is 15.0 Å². The summed E-state index contributed by atoms with van der Waals surface area (Å²) in [5.41, 5.74) is 0.549. The van der Waals surface area contributed by atoms with Crippen LogP contribution >= 0.6 is 11.3 Å². The molecule has 0 amide bonds. The Bertz CT molecular complexity index is 744. The van der Waals surface area contributed by atoms with E-state index < -0.39 is 0 Å². The summed E-state index contributed by atoms with van der Waals surface area (Å²) < 4.78 is 5.36. The highest BCUT2D eigenvalue weighted by atomic mass is 32.1. The molecule has 3 rings (SSSR count). The monoisotopic (exact) mass is 373 g/mol. The number of pyridine rings is 1. The molecule has 2 aromatic heterocycles. The van der Waals surface area contributed by atoms with Crippen LogP contribution in [0.25, 0.3) is 0 Å². The van der Waals surface area contributed by atoms with Crippen molar-refractivity contribution in [1.29, 1.82) is 0 Å². The van der Waals surface area contributed by atoms with Gasteiger partial charge in [0.1, 0.15) is 11.4 Å². The molecule has 2 aromatic rings.